The monoisotopic (exact) mass is 446 g/mol. The predicted molar refractivity (Wildman–Crippen MR) is 137 cm³/mol. The lowest BCUT2D eigenvalue weighted by atomic mass is 9.65. The zero-order valence-electron chi connectivity index (χ0n) is 21.1. The van der Waals surface area contributed by atoms with Crippen LogP contribution in [0.15, 0.2) is 36.4 Å². The van der Waals surface area contributed by atoms with Gasteiger partial charge in [0.15, 0.2) is 0 Å². The average Bonchev–Trinajstić information content (AvgIpc) is 2.76. The molecule has 0 aliphatic carbocycles. The minimum atomic E-state index is -0.481. The zero-order chi connectivity index (χ0) is 24.5. The summed E-state index contributed by atoms with van der Waals surface area (Å²) in [6.07, 6.45) is 4.15. The molecule has 0 unspecified atom stereocenters. The molecule has 0 aliphatic rings. The molecule has 3 rings (SSSR count). The van der Waals surface area contributed by atoms with Crippen molar-refractivity contribution in [1.29, 1.82) is 0 Å². The van der Waals surface area contributed by atoms with Gasteiger partial charge in [-0.05, 0) is 98.0 Å². The van der Waals surface area contributed by atoms with Crippen molar-refractivity contribution in [1.82, 2.24) is 0 Å². The van der Waals surface area contributed by atoms with Crippen molar-refractivity contribution in [3.05, 3.63) is 86.5 Å². The normalized spacial score (nSPS) is 11.7. The number of phenolic OH excluding ortho intramolecular Hbond substituents is 3. The topological polar surface area (TPSA) is 60.7 Å². The number of aryl methyl sites for hydroxylation is 6. The van der Waals surface area contributed by atoms with E-state index in [0.717, 1.165) is 75.8 Å². The van der Waals surface area contributed by atoms with Crippen LogP contribution in [-0.2, 0) is 5.41 Å². The molecule has 3 N–H and O–H groups in total. The number of aromatic hydroxyl groups is 3. The fourth-order valence-electron chi connectivity index (χ4n) is 5.18. The minimum absolute atomic E-state index is 0.331. The summed E-state index contributed by atoms with van der Waals surface area (Å²) < 4.78 is 0. The van der Waals surface area contributed by atoms with Gasteiger partial charge in [0, 0.05) is 5.41 Å². The molecule has 0 aromatic heterocycles. The van der Waals surface area contributed by atoms with Crippen LogP contribution in [0.1, 0.15) is 82.7 Å². The second-order valence-corrected chi connectivity index (χ2v) is 9.74. The second-order valence-electron chi connectivity index (χ2n) is 9.74. The predicted octanol–water partition coefficient (Wildman–Crippen LogP) is 7.57. The van der Waals surface area contributed by atoms with E-state index in [0.29, 0.717) is 17.2 Å². The molecule has 3 aromatic carbocycles. The van der Waals surface area contributed by atoms with Gasteiger partial charge in [-0.25, -0.2) is 0 Å². The molecular weight excluding hydrogens is 408 g/mol. The number of phenols is 3. The highest BCUT2D eigenvalue weighted by molar-refractivity contribution is 5.59. The Morgan fingerprint density at radius 1 is 0.515 bits per heavy atom. The lowest BCUT2D eigenvalue weighted by molar-refractivity contribution is 0.459. The van der Waals surface area contributed by atoms with Gasteiger partial charge >= 0.3 is 0 Å². The first kappa shape index (κ1) is 24.7. The van der Waals surface area contributed by atoms with Crippen LogP contribution >= 0.6 is 0 Å². The molecule has 3 nitrogen and oxygen atoms in total. The van der Waals surface area contributed by atoms with E-state index in [1.807, 2.05) is 41.5 Å². The maximum atomic E-state index is 10.5. The Hall–Kier alpha value is -2.94. The maximum Gasteiger partial charge on any atom is 0.121 e. The largest absolute Gasteiger partial charge is 0.507 e. The summed E-state index contributed by atoms with van der Waals surface area (Å²) in [5.74, 6) is 0.993. The van der Waals surface area contributed by atoms with Gasteiger partial charge in [0.05, 0.1) is 0 Å². The van der Waals surface area contributed by atoms with Gasteiger partial charge in [-0.15, -0.1) is 0 Å². The second kappa shape index (κ2) is 9.51. The Bertz CT molecular complexity index is 965. The van der Waals surface area contributed by atoms with Gasteiger partial charge in [-0.3, -0.25) is 0 Å². The molecule has 0 saturated carbocycles. The molecule has 0 bridgehead atoms. The molecule has 0 heterocycles. The van der Waals surface area contributed by atoms with E-state index < -0.39 is 5.41 Å². The lowest BCUT2D eigenvalue weighted by Gasteiger charge is -2.38. The van der Waals surface area contributed by atoms with Crippen molar-refractivity contribution in [3.63, 3.8) is 0 Å². The summed E-state index contributed by atoms with van der Waals surface area (Å²) in [4.78, 5) is 0. The van der Waals surface area contributed by atoms with Crippen molar-refractivity contribution < 1.29 is 15.3 Å². The van der Waals surface area contributed by atoms with E-state index in [1.54, 1.807) is 0 Å². The van der Waals surface area contributed by atoms with Gasteiger partial charge in [0.1, 0.15) is 17.2 Å². The van der Waals surface area contributed by atoms with Crippen LogP contribution in [0.4, 0.5) is 0 Å². The number of unbranched alkanes of at least 4 members (excludes halogenated alkanes) is 2. The molecule has 3 heteroatoms. The standard InChI is InChI=1S/C30H38O3/c1-8-9-10-11-30(24-12-18(2)27(31)19(3)13-24,25-14-20(4)28(32)21(5)15-25)26-16-22(6)29(33)23(7)17-26/h12-17,31-33H,8-11H2,1-7H3. The molecule has 0 aliphatic heterocycles. The molecule has 0 atom stereocenters. The molecule has 0 saturated heterocycles. The molecule has 0 spiro atoms. The number of hydrogen-bond acceptors (Lipinski definition) is 3. The van der Waals surface area contributed by atoms with Crippen LogP contribution in [0.3, 0.4) is 0 Å². The first-order chi connectivity index (χ1) is 15.5. The van der Waals surface area contributed by atoms with Crippen LogP contribution in [0.25, 0.3) is 0 Å². The van der Waals surface area contributed by atoms with E-state index in [2.05, 4.69) is 43.3 Å². The zero-order valence-corrected chi connectivity index (χ0v) is 21.1. The highest BCUT2D eigenvalue weighted by Gasteiger charge is 2.38. The van der Waals surface area contributed by atoms with Gasteiger partial charge < -0.3 is 15.3 Å². The summed E-state index contributed by atoms with van der Waals surface area (Å²) in [6, 6.07) is 12.6. The first-order valence-electron chi connectivity index (χ1n) is 11.9. The summed E-state index contributed by atoms with van der Waals surface area (Å²) in [5, 5.41) is 31.6. The number of hydrogen-bond donors (Lipinski definition) is 3. The third-order valence-electron chi connectivity index (χ3n) is 7.11. The van der Waals surface area contributed by atoms with Crippen molar-refractivity contribution in [2.24, 2.45) is 0 Å². The minimum Gasteiger partial charge on any atom is -0.507 e. The Morgan fingerprint density at radius 2 is 0.788 bits per heavy atom. The van der Waals surface area contributed by atoms with Gasteiger partial charge in [-0.1, -0.05) is 62.6 Å². The van der Waals surface area contributed by atoms with Crippen molar-refractivity contribution in [2.75, 3.05) is 0 Å². The molecule has 176 valence electrons. The maximum absolute atomic E-state index is 10.5. The first-order valence-corrected chi connectivity index (χ1v) is 11.9. The highest BCUT2D eigenvalue weighted by atomic mass is 16.3. The average molecular weight is 447 g/mol. The molecule has 0 fully saturated rings. The van der Waals surface area contributed by atoms with Crippen molar-refractivity contribution in [2.45, 2.75) is 79.6 Å². The summed E-state index contributed by atoms with van der Waals surface area (Å²) >= 11 is 0. The summed E-state index contributed by atoms with van der Waals surface area (Å²) in [7, 11) is 0. The highest BCUT2D eigenvalue weighted by Crippen LogP contribution is 2.48. The van der Waals surface area contributed by atoms with Crippen LogP contribution in [-0.4, -0.2) is 15.3 Å². The van der Waals surface area contributed by atoms with Crippen molar-refractivity contribution in [3.8, 4) is 17.2 Å². The fraction of sp³-hybridized carbons (Fsp3) is 0.400. The van der Waals surface area contributed by atoms with Gasteiger partial charge in [0.2, 0.25) is 0 Å². The van der Waals surface area contributed by atoms with E-state index in [4.69, 9.17) is 0 Å². The van der Waals surface area contributed by atoms with Crippen LogP contribution < -0.4 is 0 Å². The Balaban J connectivity index is 2.47. The van der Waals surface area contributed by atoms with Crippen LogP contribution in [0.2, 0.25) is 0 Å². The Morgan fingerprint density at radius 3 is 1.03 bits per heavy atom. The van der Waals surface area contributed by atoms with Crippen LogP contribution in [0, 0.1) is 41.5 Å². The van der Waals surface area contributed by atoms with Crippen LogP contribution in [0.5, 0.6) is 17.2 Å². The smallest absolute Gasteiger partial charge is 0.121 e. The quantitative estimate of drug-likeness (QED) is 0.259. The molecule has 33 heavy (non-hydrogen) atoms. The Labute approximate surface area is 198 Å². The molecule has 3 aromatic rings. The summed E-state index contributed by atoms with van der Waals surface area (Å²) in [6.45, 7) is 13.9. The van der Waals surface area contributed by atoms with Gasteiger partial charge in [-0.2, -0.15) is 0 Å². The van der Waals surface area contributed by atoms with E-state index in [-0.39, 0.29) is 0 Å². The SMILES string of the molecule is CCCCCC(c1cc(C)c(O)c(C)c1)(c1cc(C)c(O)c(C)c1)c1cc(C)c(O)c(C)c1. The molecular formula is C30H38O3. The summed E-state index contributed by atoms with van der Waals surface area (Å²) in [5.41, 5.74) is 8.00. The fourth-order valence-corrected chi connectivity index (χ4v) is 5.18. The molecule has 0 amide bonds. The van der Waals surface area contributed by atoms with E-state index in [1.165, 1.54) is 0 Å². The third-order valence-corrected chi connectivity index (χ3v) is 7.11. The van der Waals surface area contributed by atoms with Crippen molar-refractivity contribution >= 4 is 0 Å². The van der Waals surface area contributed by atoms with E-state index >= 15 is 0 Å². The van der Waals surface area contributed by atoms with E-state index in [9.17, 15) is 15.3 Å². The number of benzene rings is 3. The lowest BCUT2D eigenvalue weighted by Crippen LogP contribution is -2.30. The molecule has 0 radical (unpaired) electrons. The number of rotatable bonds is 7. The van der Waals surface area contributed by atoms with Gasteiger partial charge in [0.25, 0.3) is 0 Å². The third kappa shape index (κ3) is 4.46. The Kier molecular flexibility index (Phi) is 7.11.